The van der Waals surface area contributed by atoms with Gasteiger partial charge in [0.05, 0.1) is 0 Å². The van der Waals surface area contributed by atoms with E-state index in [0.717, 1.165) is 5.56 Å². The lowest BCUT2D eigenvalue weighted by Crippen LogP contribution is -2.14. The molecule has 15 heavy (non-hydrogen) atoms. The number of hydrogen-bond donors (Lipinski definition) is 2. The molecule has 78 valence electrons. The minimum atomic E-state index is 0.579. The van der Waals surface area contributed by atoms with Crippen LogP contribution in [0.3, 0.4) is 0 Å². The second-order valence-electron chi connectivity index (χ2n) is 2.99. The molecule has 5 heteroatoms. The van der Waals surface area contributed by atoms with Crippen molar-refractivity contribution in [2.24, 2.45) is 5.73 Å². The van der Waals surface area contributed by atoms with Crippen molar-refractivity contribution in [3.8, 4) is 10.4 Å². The van der Waals surface area contributed by atoms with Crippen LogP contribution in [0.4, 0.5) is 5.95 Å². The van der Waals surface area contributed by atoms with Crippen molar-refractivity contribution in [1.82, 2.24) is 9.97 Å². The molecule has 0 aliphatic heterocycles. The van der Waals surface area contributed by atoms with Gasteiger partial charge in [-0.2, -0.15) is 0 Å². The van der Waals surface area contributed by atoms with Gasteiger partial charge in [0.2, 0.25) is 5.95 Å². The van der Waals surface area contributed by atoms with Gasteiger partial charge in [-0.25, -0.2) is 9.97 Å². The zero-order valence-corrected chi connectivity index (χ0v) is 9.00. The SMILES string of the molecule is NCCNc1ncc(-c2cccs2)cn1. The van der Waals surface area contributed by atoms with Crippen molar-refractivity contribution in [3.05, 3.63) is 29.9 Å². The lowest BCUT2D eigenvalue weighted by Gasteiger charge is -2.02. The average molecular weight is 220 g/mol. The summed E-state index contributed by atoms with van der Waals surface area (Å²) < 4.78 is 0. The summed E-state index contributed by atoms with van der Waals surface area (Å²) in [6.45, 7) is 1.27. The fraction of sp³-hybridized carbons (Fsp3) is 0.200. The average Bonchev–Trinajstić information content (AvgIpc) is 2.80. The van der Waals surface area contributed by atoms with Gasteiger partial charge in [0.15, 0.2) is 0 Å². The first kappa shape index (κ1) is 10.1. The first-order valence-electron chi connectivity index (χ1n) is 4.70. The van der Waals surface area contributed by atoms with Crippen LogP contribution < -0.4 is 11.1 Å². The van der Waals surface area contributed by atoms with Gasteiger partial charge in [0.1, 0.15) is 0 Å². The Bertz CT molecular complexity index is 396. The standard InChI is InChI=1S/C10H12N4S/c11-3-4-12-10-13-6-8(7-14-10)9-2-1-5-15-9/h1-2,5-7H,3-4,11H2,(H,12,13,14). The van der Waals surface area contributed by atoms with Crippen molar-refractivity contribution in [1.29, 1.82) is 0 Å². The van der Waals surface area contributed by atoms with Crippen molar-refractivity contribution < 1.29 is 0 Å². The predicted molar refractivity (Wildman–Crippen MR) is 62.9 cm³/mol. The summed E-state index contributed by atoms with van der Waals surface area (Å²) in [5, 5.41) is 5.06. The molecule has 4 nitrogen and oxygen atoms in total. The topological polar surface area (TPSA) is 63.8 Å². The fourth-order valence-corrected chi connectivity index (χ4v) is 1.88. The molecule has 2 aromatic rings. The van der Waals surface area contributed by atoms with Crippen LogP contribution in [0.15, 0.2) is 29.9 Å². The summed E-state index contributed by atoms with van der Waals surface area (Å²) in [5.41, 5.74) is 6.41. The highest BCUT2D eigenvalue weighted by Gasteiger charge is 2.00. The maximum Gasteiger partial charge on any atom is 0.222 e. The van der Waals surface area contributed by atoms with Gasteiger partial charge in [0.25, 0.3) is 0 Å². The van der Waals surface area contributed by atoms with E-state index >= 15 is 0 Å². The molecule has 0 spiro atoms. The monoisotopic (exact) mass is 220 g/mol. The molecule has 0 aliphatic rings. The Labute approximate surface area is 92.2 Å². The highest BCUT2D eigenvalue weighted by Crippen LogP contribution is 2.23. The third-order valence-corrected chi connectivity index (χ3v) is 2.80. The van der Waals surface area contributed by atoms with Crippen LogP contribution in [0.1, 0.15) is 0 Å². The smallest absolute Gasteiger partial charge is 0.222 e. The molecule has 0 fully saturated rings. The summed E-state index contributed by atoms with van der Waals surface area (Å²) in [6, 6.07) is 4.07. The Kier molecular flexibility index (Phi) is 3.26. The molecule has 3 N–H and O–H groups in total. The van der Waals surface area contributed by atoms with Crippen LogP contribution in [-0.2, 0) is 0 Å². The fourth-order valence-electron chi connectivity index (χ4n) is 1.17. The van der Waals surface area contributed by atoms with Crippen LogP contribution in [-0.4, -0.2) is 23.1 Å². The molecular weight excluding hydrogens is 208 g/mol. The zero-order chi connectivity index (χ0) is 10.5. The number of nitrogens with one attached hydrogen (secondary N) is 1. The van der Waals surface area contributed by atoms with E-state index in [-0.39, 0.29) is 0 Å². The van der Waals surface area contributed by atoms with E-state index in [0.29, 0.717) is 19.0 Å². The van der Waals surface area contributed by atoms with E-state index < -0.39 is 0 Å². The number of thiophene rings is 1. The van der Waals surface area contributed by atoms with Gasteiger partial charge in [0, 0.05) is 35.9 Å². The summed E-state index contributed by atoms with van der Waals surface area (Å²) in [6.07, 6.45) is 3.63. The Morgan fingerprint density at radius 1 is 1.33 bits per heavy atom. The minimum Gasteiger partial charge on any atom is -0.353 e. The zero-order valence-electron chi connectivity index (χ0n) is 8.18. The molecule has 0 radical (unpaired) electrons. The van der Waals surface area contributed by atoms with Gasteiger partial charge in [-0.05, 0) is 11.4 Å². The van der Waals surface area contributed by atoms with Gasteiger partial charge in [-0.3, -0.25) is 0 Å². The molecule has 0 saturated carbocycles. The Morgan fingerprint density at radius 3 is 2.73 bits per heavy atom. The molecule has 0 bridgehead atoms. The Hall–Kier alpha value is -1.46. The van der Waals surface area contributed by atoms with E-state index in [1.807, 2.05) is 23.8 Å². The second-order valence-corrected chi connectivity index (χ2v) is 3.94. The van der Waals surface area contributed by atoms with Crippen LogP contribution >= 0.6 is 11.3 Å². The van der Waals surface area contributed by atoms with E-state index in [9.17, 15) is 0 Å². The molecule has 0 aliphatic carbocycles. The molecule has 0 aromatic carbocycles. The molecule has 2 rings (SSSR count). The predicted octanol–water partition coefficient (Wildman–Crippen LogP) is 1.58. The van der Waals surface area contributed by atoms with Gasteiger partial charge < -0.3 is 11.1 Å². The largest absolute Gasteiger partial charge is 0.353 e. The molecule has 2 heterocycles. The van der Waals surface area contributed by atoms with Crippen molar-refractivity contribution in [2.75, 3.05) is 18.4 Å². The molecular formula is C10H12N4S. The van der Waals surface area contributed by atoms with Crippen molar-refractivity contribution >= 4 is 17.3 Å². The number of anilines is 1. The molecule has 0 unspecified atom stereocenters. The maximum atomic E-state index is 5.37. The van der Waals surface area contributed by atoms with Crippen LogP contribution in [0.5, 0.6) is 0 Å². The summed E-state index contributed by atoms with van der Waals surface area (Å²) in [7, 11) is 0. The van der Waals surface area contributed by atoms with E-state index in [1.54, 1.807) is 11.3 Å². The van der Waals surface area contributed by atoms with Gasteiger partial charge in [-0.1, -0.05) is 6.07 Å². The van der Waals surface area contributed by atoms with Crippen LogP contribution in [0.2, 0.25) is 0 Å². The maximum absolute atomic E-state index is 5.37. The van der Waals surface area contributed by atoms with Crippen LogP contribution in [0.25, 0.3) is 10.4 Å². The highest BCUT2D eigenvalue weighted by molar-refractivity contribution is 7.13. The second kappa shape index (κ2) is 4.86. The Balaban J connectivity index is 2.11. The lowest BCUT2D eigenvalue weighted by atomic mass is 10.3. The van der Waals surface area contributed by atoms with Crippen LogP contribution in [0, 0.1) is 0 Å². The first-order valence-corrected chi connectivity index (χ1v) is 5.58. The van der Waals surface area contributed by atoms with E-state index in [4.69, 9.17) is 5.73 Å². The number of nitrogens with two attached hydrogens (primary N) is 1. The summed E-state index contributed by atoms with van der Waals surface area (Å²) in [4.78, 5) is 9.58. The third-order valence-electron chi connectivity index (χ3n) is 1.88. The lowest BCUT2D eigenvalue weighted by molar-refractivity contribution is 0.990. The third kappa shape index (κ3) is 2.51. The number of hydrogen-bond acceptors (Lipinski definition) is 5. The first-order chi connectivity index (χ1) is 7.40. The summed E-state index contributed by atoms with van der Waals surface area (Å²) in [5.74, 6) is 0.626. The van der Waals surface area contributed by atoms with E-state index in [2.05, 4.69) is 21.4 Å². The van der Waals surface area contributed by atoms with Crippen molar-refractivity contribution in [2.45, 2.75) is 0 Å². The van der Waals surface area contributed by atoms with Gasteiger partial charge in [-0.15, -0.1) is 11.3 Å². The molecule has 0 atom stereocenters. The molecule has 2 aromatic heterocycles. The highest BCUT2D eigenvalue weighted by atomic mass is 32.1. The number of rotatable bonds is 4. The Morgan fingerprint density at radius 2 is 2.13 bits per heavy atom. The molecule has 0 amide bonds. The quantitative estimate of drug-likeness (QED) is 0.821. The van der Waals surface area contributed by atoms with Gasteiger partial charge >= 0.3 is 0 Å². The normalized spacial score (nSPS) is 10.2. The number of aromatic nitrogens is 2. The summed E-state index contributed by atoms with van der Waals surface area (Å²) >= 11 is 1.68. The van der Waals surface area contributed by atoms with Crippen molar-refractivity contribution in [3.63, 3.8) is 0 Å². The number of nitrogens with zero attached hydrogens (tertiary/aromatic N) is 2. The molecule has 0 saturated heterocycles. The minimum absolute atomic E-state index is 0.579. The van der Waals surface area contributed by atoms with E-state index in [1.165, 1.54) is 4.88 Å².